The first-order chi connectivity index (χ1) is 13.7. The first-order valence-corrected chi connectivity index (χ1v) is 9.39. The number of imide groups is 1. The Balaban J connectivity index is 1.71. The molecule has 0 unspecified atom stereocenters. The number of likely N-dealkylation sites (N-methyl/N-ethyl adjacent to an activating group) is 1. The van der Waals surface area contributed by atoms with Crippen LogP contribution in [0.3, 0.4) is 0 Å². The van der Waals surface area contributed by atoms with Crippen LogP contribution < -0.4 is 5.32 Å². The Labute approximate surface area is 169 Å². The number of hydrogen-bond donors (Lipinski definition) is 1. The number of nitrogens with zero attached hydrogens (tertiary/aromatic N) is 2. The van der Waals surface area contributed by atoms with E-state index in [1.54, 1.807) is 30.3 Å². The molecule has 0 radical (unpaired) electrons. The molecule has 1 aliphatic rings. The fraction of sp³-hybridized carbons (Fsp3) is 0.318. The lowest BCUT2D eigenvalue weighted by atomic mass is 10.1. The summed E-state index contributed by atoms with van der Waals surface area (Å²) in [5.41, 5.74) is 2.36. The van der Waals surface area contributed by atoms with Gasteiger partial charge in [-0.3, -0.25) is 19.3 Å². The molecule has 1 N–H and O–H groups in total. The zero-order valence-electron chi connectivity index (χ0n) is 16.9. The first-order valence-electron chi connectivity index (χ1n) is 9.39. The zero-order valence-corrected chi connectivity index (χ0v) is 16.9. The number of benzene rings is 2. The van der Waals surface area contributed by atoms with E-state index in [0.717, 1.165) is 16.0 Å². The van der Waals surface area contributed by atoms with Crippen molar-refractivity contribution in [2.45, 2.75) is 25.9 Å². The number of fused-ring (bicyclic) bond motifs is 1. The minimum atomic E-state index is -0.946. The monoisotopic (exact) mass is 397 g/mol. The van der Waals surface area contributed by atoms with Gasteiger partial charge in [0, 0.05) is 6.54 Å². The normalized spacial score (nSPS) is 15.4. The summed E-state index contributed by atoms with van der Waals surface area (Å²) in [6.07, 6.45) is 0. The van der Waals surface area contributed by atoms with Gasteiger partial charge in [-0.25, -0.2) is 4.39 Å². The summed E-state index contributed by atoms with van der Waals surface area (Å²) in [5, 5.41) is 2.81. The summed E-state index contributed by atoms with van der Waals surface area (Å²) >= 11 is 0. The second-order valence-electron chi connectivity index (χ2n) is 7.48. The van der Waals surface area contributed by atoms with Gasteiger partial charge in [-0.1, -0.05) is 23.8 Å². The van der Waals surface area contributed by atoms with Crippen molar-refractivity contribution < 1.29 is 18.8 Å². The quantitative estimate of drug-likeness (QED) is 0.761. The van der Waals surface area contributed by atoms with Crippen LogP contribution in [-0.2, 0) is 4.79 Å². The van der Waals surface area contributed by atoms with E-state index < -0.39 is 23.8 Å². The van der Waals surface area contributed by atoms with Crippen molar-refractivity contribution in [3.63, 3.8) is 0 Å². The van der Waals surface area contributed by atoms with E-state index in [4.69, 9.17) is 0 Å². The predicted octanol–water partition coefficient (Wildman–Crippen LogP) is 2.54. The number of rotatable bonds is 6. The Morgan fingerprint density at radius 3 is 2.31 bits per heavy atom. The van der Waals surface area contributed by atoms with Gasteiger partial charge in [0.25, 0.3) is 11.8 Å². The molecule has 2 aromatic rings. The maximum absolute atomic E-state index is 13.2. The molecule has 6 nitrogen and oxygen atoms in total. The number of aryl methyl sites for hydroxylation is 1. The first kappa shape index (κ1) is 20.7. The van der Waals surface area contributed by atoms with Crippen LogP contribution in [0.15, 0.2) is 42.5 Å². The highest BCUT2D eigenvalue weighted by atomic mass is 19.1. The predicted molar refractivity (Wildman–Crippen MR) is 107 cm³/mol. The van der Waals surface area contributed by atoms with Gasteiger partial charge in [0.05, 0.1) is 17.2 Å². The molecule has 0 bridgehead atoms. The average molecular weight is 397 g/mol. The molecule has 2 atom stereocenters. The third-order valence-corrected chi connectivity index (χ3v) is 5.19. The van der Waals surface area contributed by atoms with E-state index in [2.05, 4.69) is 5.32 Å². The van der Waals surface area contributed by atoms with Crippen molar-refractivity contribution in [3.05, 3.63) is 70.5 Å². The summed E-state index contributed by atoms with van der Waals surface area (Å²) in [6.45, 7) is 3.63. The van der Waals surface area contributed by atoms with Gasteiger partial charge in [-0.05, 0) is 57.8 Å². The van der Waals surface area contributed by atoms with Crippen LogP contribution >= 0.6 is 0 Å². The highest BCUT2D eigenvalue weighted by Gasteiger charge is 2.40. The number of amides is 3. The molecular weight excluding hydrogens is 373 g/mol. The van der Waals surface area contributed by atoms with Crippen molar-refractivity contribution >= 4 is 17.7 Å². The Morgan fingerprint density at radius 2 is 1.69 bits per heavy atom. The summed E-state index contributed by atoms with van der Waals surface area (Å²) in [6, 6.07) is 10.00. The van der Waals surface area contributed by atoms with Crippen LogP contribution in [0.4, 0.5) is 4.39 Å². The Bertz CT molecular complexity index is 956. The van der Waals surface area contributed by atoms with Gasteiger partial charge >= 0.3 is 0 Å². The Kier molecular flexibility index (Phi) is 5.79. The van der Waals surface area contributed by atoms with Crippen LogP contribution in [-0.4, -0.2) is 54.2 Å². The lowest BCUT2D eigenvalue weighted by molar-refractivity contribution is -0.124. The van der Waals surface area contributed by atoms with Crippen molar-refractivity contribution in [1.82, 2.24) is 15.1 Å². The second kappa shape index (κ2) is 8.13. The van der Waals surface area contributed by atoms with Gasteiger partial charge in [-0.15, -0.1) is 0 Å². The lowest BCUT2D eigenvalue weighted by Gasteiger charge is -2.27. The van der Waals surface area contributed by atoms with Crippen molar-refractivity contribution in [3.8, 4) is 0 Å². The number of carbonyl (C=O) groups is 3. The number of nitrogens with one attached hydrogen (secondary N) is 1. The van der Waals surface area contributed by atoms with Crippen LogP contribution in [0.25, 0.3) is 0 Å². The summed E-state index contributed by atoms with van der Waals surface area (Å²) in [5.74, 6) is -1.68. The maximum Gasteiger partial charge on any atom is 0.262 e. The molecule has 0 aliphatic carbocycles. The zero-order chi connectivity index (χ0) is 21.3. The molecule has 0 saturated heterocycles. The van der Waals surface area contributed by atoms with Crippen molar-refractivity contribution in [1.29, 1.82) is 0 Å². The van der Waals surface area contributed by atoms with Crippen LogP contribution in [0.1, 0.15) is 44.8 Å². The molecule has 0 spiro atoms. The highest BCUT2D eigenvalue weighted by Crippen LogP contribution is 2.26. The van der Waals surface area contributed by atoms with Crippen LogP contribution in [0.5, 0.6) is 0 Å². The molecule has 1 aliphatic heterocycles. The number of halogens is 1. The number of carbonyl (C=O) groups excluding carboxylic acids is 3. The molecular formula is C22H24FN3O3. The van der Waals surface area contributed by atoms with Gasteiger partial charge in [-0.2, -0.15) is 0 Å². The maximum atomic E-state index is 13.2. The topological polar surface area (TPSA) is 69.7 Å². The van der Waals surface area contributed by atoms with E-state index in [0.29, 0.717) is 11.1 Å². The van der Waals surface area contributed by atoms with E-state index in [9.17, 15) is 18.8 Å². The Morgan fingerprint density at radius 1 is 1.07 bits per heavy atom. The molecule has 0 saturated carbocycles. The van der Waals surface area contributed by atoms with Crippen molar-refractivity contribution in [2.75, 3.05) is 20.6 Å². The third-order valence-electron chi connectivity index (χ3n) is 5.19. The van der Waals surface area contributed by atoms with Gasteiger partial charge in [0.1, 0.15) is 11.9 Å². The van der Waals surface area contributed by atoms with Gasteiger partial charge in [0.2, 0.25) is 5.91 Å². The average Bonchev–Trinajstić information content (AvgIpc) is 2.92. The van der Waals surface area contributed by atoms with Crippen molar-refractivity contribution in [2.24, 2.45) is 0 Å². The fourth-order valence-corrected chi connectivity index (χ4v) is 3.47. The van der Waals surface area contributed by atoms with Crippen LogP contribution in [0, 0.1) is 12.7 Å². The summed E-state index contributed by atoms with van der Waals surface area (Å²) in [4.78, 5) is 41.0. The van der Waals surface area contributed by atoms with Crippen LogP contribution in [0.2, 0.25) is 0 Å². The fourth-order valence-electron chi connectivity index (χ4n) is 3.47. The van der Waals surface area contributed by atoms with Gasteiger partial charge < -0.3 is 10.2 Å². The third kappa shape index (κ3) is 4.05. The molecule has 2 aromatic carbocycles. The minimum Gasteiger partial charge on any atom is -0.352 e. The van der Waals surface area contributed by atoms with E-state index >= 15 is 0 Å². The summed E-state index contributed by atoms with van der Waals surface area (Å²) in [7, 11) is 3.71. The highest BCUT2D eigenvalue weighted by molar-refractivity contribution is 6.22. The lowest BCUT2D eigenvalue weighted by Crippen LogP contribution is -2.49. The van der Waals surface area contributed by atoms with E-state index in [1.807, 2.05) is 25.9 Å². The molecule has 1 heterocycles. The number of hydrogen-bond acceptors (Lipinski definition) is 4. The molecule has 152 valence electrons. The van der Waals surface area contributed by atoms with E-state index in [-0.39, 0.29) is 18.4 Å². The SMILES string of the molecule is Cc1ccc2c(c1)C(=O)N([C@H](C)C(=O)NC[C@@H](c1ccc(F)cc1)N(C)C)C2=O. The molecule has 0 fully saturated rings. The van der Waals surface area contributed by atoms with E-state index in [1.165, 1.54) is 19.1 Å². The summed E-state index contributed by atoms with van der Waals surface area (Å²) < 4.78 is 13.2. The Hall–Kier alpha value is -3.06. The standard InChI is InChI=1S/C22H24FN3O3/c1-13-5-10-17-18(11-13)22(29)26(21(17)28)14(2)20(27)24-12-19(25(3)4)15-6-8-16(23)9-7-15/h5-11,14,19H,12H2,1-4H3,(H,24,27)/t14-,19+/m1/s1. The minimum absolute atomic E-state index is 0.184. The second-order valence-corrected chi connectivity index (χ2v) is 7.48. The molecule has 29 heavy (non-hydrogen) atoms. The largest absolute Gasteiger partial charge is 0.352 e. The molecule has 0 aromatic heterocycles. The molecule has 7 heteroatoms. The van der Waals surface area contributed by atoms with Gasteiger partial charge in [0.15, 0.2) is 0 Å². The molecule has 3 rings (SSSR count). The molecule has 3 amide bonds. The smallest absolute Gasteiger partial charge is 0.262 e.